The molecular weight excluding hydrogens is 410 g/mol. The van der Waals surface area contributed by atoms with Gasteiger partial charge in [0.05, 0.1) is 0 Å². The fourth-order valence-corrected chi connectivity index (χ4v) is 6.41. The first-order chi connectivity index (χ1) is 15.1. The summed E-state index contributed by atoms with van der Waals surface area (Å²) in [5.41, 5.74) is 0.482. The van der Waals surface area contributed by atoms with E-state index in [1.165, 1.54) is 110 Å². The third-order valence-electron chi connectivity index (χ3n) is 7.37. The summed E-state index contributed by atoms with van der Waals surface area (Å²) >= 11 is 0. The molecule has 0 aromatic rings. The largest absolute Gasteiger partial charge is 0.420 e. The summed E-state index contributed by atoms with van der Waals surface area (Å²) in [4.78, 5) is 7.59. The van der Waals surface area contributed by atoms with Crippen LogP contribution in [0.3, 0.4) is 0 Å². The maximum absolute atomic E-state index is 5.97. The zero-order valence-corrected chi connectivity index (χ0v) is 24.8. The summed E-state index contributed by atoms with van der Waals surface area (Å²) in [5, 5.41) is 0. The van der Waals surface area contributed by atoms with E-state index in [1.807, 2.05) is 7.11 Å². The third-order valence-corrected chi connectivity index (χ3v) is 9.93. The molecule has 0 bridgehead atoms. The Kier molecular flexibility index (Phi) is 18.4. The molecule has 0 aliphatic rings. The van der Waals surface area contributed by atoms with Crippen molar-refractivity contribution in [1.82, 2.24) is 14.7 Å². The highest BCUT2D eigenvalue weighted by Crippen LogP contribution is 2.41. The third kappa shape index (κ3) is 15.8. The van der Waals surface area contributed by atoms with E-state index in [2.05, 4.69) is 69.7 Å². The molecule has 5 heteroatoms. The maximum atomic E-state index is 5.97. The molecule has 0 amide bonds. The molecule has 0 saturated carbocycles. The minimum atomic E-state index is -1.54. The Morgan fingerprint density at radius 2 is 0.938 bits per heavy atom. The maximum Gasteiger partial charge on any atom is 0.186 e. The molecule has 0 aromatic heterocycles. The summed E-state index contributed by atoms with van der Waals surface area (Å²) in [7, 11) is 7.29. The minimum absolute atomic E-state index is 0.482. The molecule has 0 fully saturated rings. The van der Waals surface area contributed by atoms with Crippen molar-refractivity contribution in [3.05, 3.63) is 0 Å². The molecule has 0 aromatic carbocycles. The van der Waals surface area contributed by atoms with Crippen LogP contribution in [-0.4, -0.2) is 90.5 Å². The van der Waals surface area contributed by atoms with Crippen molar-refractivity contribution >= 4 is 8.32 Å². The molecule has 32 heavy (non-hydrogen) atoms. The lowest BCUT2D eigenvalue weighted by Crippen LogP contribution is -2.34. The van der Waals surface area contributed by atoms with Crippen LogP contribution in [0, 0.1) is 5.41 Å². The second-order valence-corrected chi connectivity index (χ2v) is 15.6. The summed E-state index contributed by atoms with van der Waals surface area (Å²) in [6, 6.07) is 1.30. The van der Waals surface area contributed by atoms with Crippen molar-refractivity contribution in [1.29, 1.82) is 0 Å². The predicted molar refractivity (Wildman–Crippen MR) is 147 cm³/mol. The molecular formula is C27H61N3OSi. The number of rotatable bonds is 22. The molecule has 0 N–H and O–H groups in total. The molecule has 0 radical (unpaired) electrons. The van der Waals surface area contributed by atoms with E-state index in [0.717, 1.165) is 0 Å². The molecule has 4 nitrogen and oxygen atoms in total. The van der Waals surface area contributed by atoms with E-state index in [4.69, 9.17) is 4.43 Å². The monoisotopic (exact) mass is 471 g/mol. The van der Waals surface area contributed by atoms with Gasteiger partial charge in [-0.15, -0.1) is 0 Å². The zero-order chi connectivity index (χ0) is 24.5. The predicted octanol–water partition coefficient (Wildman–Crippen LogP) is 6.58. The molecule has 0 atom stereocenters. The van der Waals surface area contributed by atoms with Crippen LogP contribution in [0.15, 0.2) is 0 Å². The Hall–Kier alpha value is 0.0569. The standard InChI is InChI=1S/C27H61N3OSi/c1-10-20-28(4)23-13-16-27(19-26-32(8,9)31-7,17-14-24-29(5)21-11-2)18-15-25-30(6)22-12-3/h10-26H2,1-9H3. The van der Waals surface area contributed by atoms with Gasteiger partial charge in [0.1, 0.15) is 0 Å². The average molecular weight is 472 g/mol. The molecule has 0 heterocycles. The van der Waals surface area contributed by atoms with Gasteiger partial charge in [0.15, 0.2) is 8.32 Å². The van der Waals surface area contributed by atoms with Gasteiger partial charge in [-0.3, -0.25) is 0 Å². The van der Waals surface area contributed by atoms with Crippen LogP contribution in [0.1, 0.15) is 85.0 Å². The minimum Gasteiger partial charge on any atom is -0.420 e. The van der Waals surface area contributed by atoms with Gasteiger partial charge in [-0.1, -0.05) is 20.8 Å². The highest BCUT2D eigenvalue weighted by atomic mass is 28.4. The van der Waals surface area contributed by atoms with Gasteiger partial charge in [0.25, 0.3) is 0 Å². The Morgan fingerprint density at radius 1 is 0.594 bits per heavy atom. The first kappa shape index (κ1) is 32.1. The van der Waals surface area contributed by atoms with E-state index in [1.54, 1.807) is 0 Å². The fraction of sp³-hybridized carbons (Fsp3) is 1.00. The quantitative estimate of drug-likeness (QED) is 0.166. The van der Waals surface area contributed by atoms with Crippen LogP contribution >= 0.6 is 0 Å². The highest BCUT2D eigenvalue weighted by molar-refractivity contribution is 6.71. The van der Waals surface area contributed by atoms with Crippen molar-refractivity contribution in [2.24, 2.45) is 5.41 Å². The van der Waals surface area contributed by atoms with Gasteiger partial charge in [-0.25, -0.2) is 0 Å². The summed E-state index contributed by atoms with van der Waals surface area (Å²) in [5.74, 6) is 0. The molecule has 0 unspecified atom stereocenters. The van der Waals surface area contributed by atoms with Gasteiger partial charge in [-0.05, 0) is 149 Å². The van der Waals surface area contributed by atoms with E-state index in [-0.39, 0.29) is 0 Å². The fourth-order valence-electron chi connectivity index (χ4n) is 5.07. The van der Waals surface area contributed by atoms with Crippen LogP contribution < -0.4 is 0 Å². The smallest absolute Gasteiger partial charge is 0.186 e. The normalized spacial score (nSPS) is 13.1. The van der Waals surface area contributed by atoms with Crippen LogP contribution in [0.4, 0.5) is 0 Å². The Balaban J connectivity index is 5.27. The Bertz CT molecular complexity index is 388. The Labute approximate surface area is 204 Å². The van der Waals surface area contributed by atoms with Gasteiger partial charge >= 0.3 is 0 Å². The van der Waals surface area contributed by atoms with E-state index in [0.29, 0.717) is 5.41 Å². The van der Waals surface area contributed by atoms with Crippen molar-refractivity contribution in [2.75, 3.05) is 67.5 Å². The number of hydrogen-bond acceptors (Lipinski definition) is 4. The molecule has 0 aliphatic heterocycles. The molecule has 194 valence electrons. The van der Waals surface area contributed by atoms with Gasteiger partial charge < -0.3 is 19.1 Å². The van der Waals surface area contributed by atoms with Crippen molar-refractivity contribution < 1.29 is 4.43 Å². The molecule has 0 rings (SSSR count). The van der Waals surface area contributed by atoms with E-state index < -0.39 is 8.32 Å². The first-order valence-corrected chi connectivity index (χ1v) is 16.9. The second kappa shape index (κ2) is 18.4. The lowest BCUT2D eigenvalue weighted by molar-refractivity contribution is 0.161. The SMILES string of the molecule is CCCN(C)CCCC(CCCN(C)CCC)(CCCN(C)CCC)CC[Si](C)(C)OC. The zero-order valence-electron chi connectivity index (χ0n) is 23.8. The summed E-state index contributed by atoms with van der Waals surface area (Å²) in [6.45, 7) is 19.1. The van der Waals surface area contributed by atoms with Crippen LogP contribution in [0.25, 0.3) is 0 Å². The van der Waals surface area contributed by atoms with Gasteiger partial charge in [-0.2, -0.15) is 0 Å². The van der Waals surface area contributed by atoms with Gasteiger partial charge in [0.2, 0.25) is 0 Å². The number of hydrogen-bond donors (Lipinski definition) is 0. The summed E-state index contributed by atoms with van der Waals surface area (Å²) in [6.07, 6.45) is 13.3. The van der Waals surface area contributed by atoms with E-state index >= 15 is 0 Å². The Morgan fingerprint density at radius 3 is 1.22 bits per heavy atom. The number of nitrogens with zero attached hydrogens (tertiary/aromatic N) is 3. The highest BCUT2D eigenvalue weighted by Gasteiger charge is 2.33. The lowest BCUT2D eigenvalue weighted by atomic mass is 9.73. The van der Waals surface area contributed by atoms with Crippen molar-refractivity contribution in [2.45, 2.75) is 104 Å². The summed E-state index contributed by atoms with van der Waals surface area (Å²) < 4.78 is 5.97. The average Bonchev–Trinajstić information content (AvgIpc) is 2.73. The molecule has 0 saturated heterocycles. The second-order valence-electron chi connectivity index (χ2n) is 11.2. The first-order valence-electron chi connectivity index (χ1n) is 13.7. The van der Waals surface area contributed by atoms with Gasteiger partial charge in [0, 0.05) is 7.11 Å². The van der Waals surface area contributed by atoms with E-state index in [9.17, 15) is 0 Å². The lowest BCUT2D eigenvalue weighted by Gasteiger charge is -2.38. The van der Waals surface area contributed by atoms with Crippen molar-refractivity contribution in [3.8, 4) is 0 Å². The molecule has 0 spiro atoms. The van der Waals surface area contributed by atoms with Crippen LogP contribution in [-0.2, 0) is 4.43 Å². The van der Waals surface area contributed by atoms with Crippen LogP contribution in [0.5, 0.6) is 0 Å². The van der Waals surface area contributed by atoms with Crippen molar-refractivity contribution in [3.63, 3.8) is 0 Å². The molecule has 0 aliphatic carbocycles. The van der Waals surface area contributed by atoms with Crippen LogP contribution in [0.2, 0.25) is 19.1 Å². The topological polar surface area (TPSA) is 19.0 Å².